The van der Waals surface area contributed by atoms with Gasteiger partial charge in [0.25, 0.3) is 0 Å². The van der Waals surface area contributed by atoms with Crippen LogP contribution in [-0.2, 0) is 5.33 Å². The molecule has 0 aliphatic rings. The van der Waals surface area contributed by atoms with Crippen molar-refractivity contribution in [3.63, 3.8) is 0 Å². The Morgan fingerprint density at radius 3 is 2.92 bits per heavy atom. The van der Waals surface area contributed by atoms with E-state index in [2.05, 4.69) is 58.9 Å². The van der Waals surface area contributed by atoms with Crippen molar-refractivity contribution in [2.24, 2.45) is 0 Å². The second kappa shape index (κ2) is 5.44. The third kappa shape index (κ3) is 3.03. The first-order chi connectivity index (χ1) is 5.86. The highest BCUT2D eigenvalue weighted by Gasteiger charge is 1.89. The molecular formula is C10H11BrS. The van der Waals surface area contributed by atoms with Gasteiger partial charge in [-0.15, -0.1) is 0 Å². The van der Waals surface area contributed by atoms with Crippen molar-refractivity contribution in [1.29, 1.82) is 0 Å². The van der Waals surface area contributed by atoms with E-state index in [0.29, 0.717) is 0 Å². The molecule has 0 spiro atoms. The number of thiol groups is 1. The van der Waals surface area contributed by atoms with Gasteiger partial charge in [-0.3, -0.25) is 0 Å². The van der Waals surface area contributed by atoms with Gasteiger partial charge in [-0.1, -0.05) is 52.3 Å². The van der Waals surface area contributed by atoms with Gasteiger partial charge >= 0.3 is 0 Å². The molecule has 0 amide bonds. The van der Waals surface area contributed by atoms with E-state index >= 15 is 0 Å². The fourth-order valence-corrected chi connectivity index (χ4v) is 1.42. The van der Waals surface area contributed by atoms with E-state index in [1.54, 1.807) is 0 Å². The van der Waals surface area contributed by atoms with Crippen LogP contribution in [0.3, 0.4) is 0 Å². The number of rotatable bonds is 3. The summed E-state index contributed by atoms with van der Waals surface area (Å²) in [4.78, 5) is 0. The zero-order valence-corrected chi connectivity index (χ0v) is 9.18. The molecule has 12 heavy (non-hydrogen) atoms. The molecule has 0 heterocycles. The van der Waals surface area contributed by atoms with Crippen LogP contribution in [-0.4, -0.2) is 5.75 Å². The zero-order valence-electron chi connectivity index (χ0n) is 6.70. The molecule has 0 nitrogen and oxygen atoms in total. The number of halogens is 1. The normalized spacial score (nSPS) is 10.8. The molecule has 0 aromatic heterocycles. The van der Waals surface area contributed by atoms with Crippen LogP contribution in [0.4, 0.5) is 0 Å². The van der Waals surface area contributed by atoms with Crippen LogP contribution >= 0.6 is 28.6 Å². The first-order valence-corrected chi connectivity index (χ1v) is 5.54. The largest absolute Gasteiger partial charge is 0.175 e. The second-order valence-corrected chi connectivity index (χ2v) is 3.39. The topological polar surface area (TPSA) is 0 Å². The number of benzene rings is 1. The molecule has 0 unspecified atom stereocenters. The lowest BCUT2D eigenvalue weighted by atomic mass is 10.1. The first-order valence-electron chi connectivity index (χ1n) is 3.79. The fraction of sp³-hybridized carbons (Fsp3) is 0.200. The van der Waals surface area contributed by atoms with Crippen LogP contribution in [0.2, 0.25) is 0 Å². The molecule has 1 aromatic carbocycles. The van der Waals surface area contributed by atoms with E-state index < -0.39 is 0 Å². The summed E-state index contributed by atoms with van der Waals surface area (Å²) in [6.07, 6.45) is 4.12. The summed E-state index contributed by atoms with van der Waals surface area (Å²) in [6, 6.07) is 8.42. The lowest BCUT2D eigenvalue weighted by Crippen LogP contribution is -1.78. The third-order valence-electron chi connectivity index (χ3n) is 1.52. The average Bonchev–Trinajstić information content (AvgIpc) is 2.15. The number of alkyl halides is 1. The number of hydrogen-bond donors (Lipinski definition) is 1. The Balaban J connectivity index is 2.79. The average molecular weight is 243 g/mol. The molecule has 0 radical (unpaired) electrons. The van der Waals surface area contributed by atoms with E-state index in [-0.39, 0.29) is 0 Å². The second-order valence-electron chi connectivity index (χ2n) is 2.46. The summed E-state index contributed by atoms with van der Waals surface area (Å²) >= 11 is 7.52. The predicted octanol–water partition coefficient (Wildman–Crippen LogP) is 3.52. The highest BCUT2D eigenvalue weighted by molar-refractivity contribution is 9.08. The van der Waals surface area contributed by atoms with Gasteiger partial charge in [0.05, 0.1) is 0 Å². The van der Waals surface area contributed by atoms with E-state index in [4.69, 9.17) is 0 Å². The van der Waals surface area contributed by atoms with Gasteiger partial charge in [0.1, 0.15) is 0 Å². The Hall–Kier alpha value is -0.210. The van der Waals surface area contributed by atoms with E-state index in [9.17, 15) is 0 Å². The summed E-state index contributed by atoms with van der Waals surface area (Å²) < 4.78 is 0. The molecule has 0 N–H and O–H groups in total. The first kappa shape index (κ1) is 9.87. The Morgan fingerprint density at radius 2 is 2.25 bits per heavy atom. The van der Waals surface area contributed by atoms with Crippen molar-refractivity contribution in [3.05, 3.63) is 41.5 Å². The van der Waals surface area contributed by atoms with Crippen LogP contribution in [0.1, 0.15) is 11.1 Å². The van der Waals surface area contributed by atoms with E-state index in [1.807, 2.05) is 6.08 Å². The maximum atomic E-state index is 4.10. The molecule has 64 valence electrons. The van der Waals surface area contributed by atoms with Gasteiger partial charge in [0.2, 0.25) is 0 Å². The van der Waals surface area contributed by atoms with Crippen LogP contribution in [0.25, 0.3) is 6.08 Å². The molecule has 0 fully saturated rings. The lowest BCUT2D eigenvalue weighted by Gasteiger charge is -1.96. The van der Waals surface area contributed by atoms with Crippen molar-refractivity contribution in [2.45, 2.75) is 5.33 Å². The molecule has 0 atom stereocenters. The van der Waals surface area contributed by atoms with Crippen LogP contribution < -0.4 is 0 Å². The van der Waals surface area contributed by atoms with Crippen molar-refractivity contribution >= 4 is 34.6 Å². The smallest absolute Gasteiger partial charge is 0.0283 e. The minimum atomic E-state index is 0.790. The van der Waals surface area contributed by atoms with Gasteiger partial charge in [0.15, 0.2) is 0 Å². The van der Waals surface area contributed by atoms with Crippen molar-refractivity contribution in [2.75, 3.05) is 5.75 Å². The maximum Gasteiger partial charge on any atom is 0.0283 e. The van der Waals surface area contributed by atoms with E-state index in [1.165, 1.54) is 11.1 Å². The lowest BCUT2D eigenvalue weighted by molar-refractivity contribution is 1.43. The van der Waals surface area contributed by atoms with Gasteiger partial charge < -0.3 is 0 Å². The summed E-state index contributed by atoms with van der Waals surface area (Å²) in [6.45, 7) is 0. The summed E-state index contributed by atoms with van der Waals surface area (Å²) in [7, 11) is 0. The standard InChI is InChI=1S/C10H11BrS/c11-8-10-4-1-3-9(7-10)5-2-6-12/h1-5,7,12H,6,8H2. The van der Waals surface area contributed by atoms with Crippen molar-refractivity contribution in [3.8, 4) is 0 Å². The SMILES string of the molecule is SCC=Cc1cccc(CBr)c1. The highest BCUT2D eigenvalue weighted by atomic mass is 79.9. The third-order valence-corrected chi connectivity index (χ3v) is 2.38. The summed E-state index contributed by atoms with van der Waals surface area (Å²) in [5.74, 6) is 0.790. The Kier molecular flexibility index (Phi) is 4.48. The molecule has 0 saturated carbocycles. The minimum Gasteiger partial charge on any atom is -0.175 e. The molecule has 0 bridgehead atoms. The van der Waals surface area contributed by atoms with Crippen molar-refractivity contribution < 1.29 is 0 Å². The minimum absolute atomic E-state index is 0.790. The van der Waals surface area contributed by atoms with E-state index in [0.717, 1.165) is 11.1 Å². The number of hydrogen-bond acceptors (Lipinski definition) is 1. The molecule has 2 heteroatoms. The summed E-state index contributed by atoms with van der Waals surface area (Å²) in [5.41, 5.74) is 2.54. The van der Waals surface area contributed by atoms with Gasteiger partial charge in [-0.25, -0.2) is 0 Å². The van der Waals surface area contributed by atoms with Crippen LogP contribution in [0, 0.1) is 0 Å². The van der Waals surface area contributed by atoms with Gasteiger partial charge in [-0.2, -0.15) is 12.6 Å². The Bertz CT molecular complexity index is 268. The Labute approximate surface area is 87.2 Å². The predicted molar refractivity (Wildman–Crippen MR) is 62.0 cm³/mol. The highest BCUT2D eigenvalue weighted by Crippen LogP contribution is 2.09. The Morgan fingerprint density at radius 1 is 1.42 bits per heavy atom. The molecule has 1 aromatic rings. The molecule has 0 aliphatic heterocycles. The quantitative estimate of drug-likeness (QED) is 0.609. The molecule has 1 rings (SSSR count). The molecule has 0 saturated heterocycles. The molecule has 0 aliphatic carbocycles. The zero-order chi connectivity index (χ0) is 8.81. The van der Waals surface area contributed by atoms with Gasteiger partial charge in [-0.05, 0) is 11.1 Å². The monoisotopic (exact) mass is 242 g/mol. The summed E-state index contributed by atoms with van der Waals surface area (Å²) in [5, 5.41) is 0.912. The maximum absolute atomic E-state index is 4.10. The van der Waals surface area contributed by atoms with Gasteiger partial charge in [0, 0.05) is 11.1 Å². The molecular weight excluding hydrogens is 232 g/mol. The van der Waals surface area contributed by atoms with Crippen LogP contribution in [0.15, 0.2) is 30.3 Å². The fourth-order valence-electron chi connectivity index (χ4n) is 0.969. The van der Waals surface area contributed by atoms with Crippen molar-refractivity contribution in [1.82, 2.24) is 0 Å². The van der Waals surface area contributed by atoms with Crippen LogP contribution in [0.5, 0.6) is 0 Å².